The van der Waals surface area contributed by atoms with E-state index in [4.69, 9.17) is 4.74 Å². The van der Waals surface area contributed by atoms with Crippen LogP contribution in [0.5, 0.6) is 0 Å². The van der Waals surface area contributed by atoms with Crippen LogP contribution in [0.2, 0.25) is 0 Å². The van der Waals surface area contributed by atoms with E-state index in [1.165, 1.54) is 32.8 Å². The van der Waals surface area contributed by atoms with Gasteiger partial charge in [0.05, 0.1) is 7.11 Å². The fraction of sp³-hybridized carbons (Fsp3) is 0.875. The van der Waals surface area contributed by atoms with Crippen LogP contribution in [0, 0.1) is 29.1 Å². The van der Waals surface area contributed by atoms with E-state index in [0.717, 1.165) is 62.7 Å². The highest BCUT2D eigenvalue weighted by atomic mass is 16.5. The number of methoxy groups -OCH3 is 1. The molecule has 6 nitrogen and oxygen atoms in total. The molecule has 6 aliphatic rings. The van der Waals surface area contributed by atoms with Crippen LogP contribution in [0.3, 0.4) is 0 Å². The third-order valence-electron chi connectivity index (χ3n) is 8.99. The molecule has 2 amide bonds. The van der Waals surface area contributed by atoms with Crippen molar-refractivity contribution in [3.63, 3.8) is 0 Å². The largest absolute Gasteiger partial charge is 0.467 e. The lowest BCUT2D eigenvalue weighted by Gasteiger charge is -2.55. The number of amides is 2. The van der Waals surface area contributed by atoms with Gasteiger partial charge in [-0.15, -0.1) is 0 Å². The molecule has 1 saturated heterocycles. The minimum absolute atomic E-state index is 0.00869. The third kappa shape index (κ3) is 3.44. The Bertz CT molecular complexity index is 685. The third-order valence-corrected chi connectivity index (χ3v) is 8.99. The van der Waals surface area contributed by atoms with Crippen LogP contribution in [0.4, 0.5) is 0 Å². The Morgan fingerprint density at radius 3 is 2.23 bits per heavy atom. The maximum atomic E-state index is 13.1. The zero-order valence-electron chi connectivity index (χ0n) is 18.2. The summed E-state index contributed by atoms with van der Waals surface area (Å²) < 4.78 is 5.00. The second-order valence-electron chi connectivity index (χ2n) is 10.9. The van der Waals surface area contributed by atoms with Crippen molar-refractivity contribution in [2.75, 3.05) is 13.7 Å². The van der Waals surface area contributed by atoms with E-state index >= 15 is 0 Å². The number of esters is 1. The molecule has 0 aromatic carbocycles. The molecule has 6 fully saturated rings. The van der Waals surface area contributed by atoms with Gasteiger partial charge in [-0.05, 0) is 81.5 Å². The van der Waals surface area contributed by atoms with Gasteiger partial charge in [0.2, 0.25) is 11.8 Å². The number of carbonyl (C=O) groups excluding carboxylic acids is 3. The number of fused-ring (bicyclic) bond motifs is 1. The lowest BCUT2D eigenvalue weighted by molar-refractivity contribution is -0.152. The minimum Gasteiger partial charge on any atom is -0.467 e. The molecule has 0 unspecified atom stereocenters. The number of nitrogens with one attached hydrogen (secondary N) is 1. The molecule has 1 heterocycles. The van der Waals surface area contributed by atoms with Crippen LogP contribution in [0.25, 0.3) is 0 Å². The average molecular weight is 417 g/mol. The number of nitrogens with zero attached hydrogens (tertiary/aromatic N) is 1. The van der Waals surface area contributed by atoms with Gasteiger partial charge in [0.25, 0.3) is 0 Å². The van der Waals surface area contributed by atoms with Crippen molar-refractivity contribution < 1.29 is 19.1 Å². The Hall–Kier alpha value is -1.59. The van der Waals surface area contributed by atoms with Crippen molar-refractivity contribution in [1.82, 2.24) is 10.2 Å². The quantitative estimate of drug-likeness (QED) is 0.699. The first kappa shape index (κ1) is 20.3. The van der Waals surface area contributed by atoms with Crippen LogP contribution in [0.1, 0.15) is 77.0 Å². The van der Waals surface area contributed by atoms with E-state index in [-0.39, 0.29) is 35.7 Å². The van der Waals surface area contributed by atoms with Gasteiger partial charge in [-0.25, -0.2) is 4.79 Å². The van der Waals surface area contributed by atoms with Gasteiger partial charge < -0.3 is 15.0 Å². The molecule has 5 saturated carbocycles. The highest BCUT2D eigenvalue weighted by Crippen LogP contribution is 2.60. The average Bonchev–Trinajstić information content (AvgIpc) is 3.11. The number of hydrogen-bond donors (Lipinski definition) is 1. The molecular weight excluding hydrogens is 380 g/mol. The summed E-state index contributed by atoms with van der Waals surface area (Å²) in [5.74, 6) is 2.48. The Balaban J connectivity index is 1.19. The number of likely N-dealkylation sites (tertiary alicyclic amines) is 1. The van der Waals surface area contributed by atoms with Crippen molar-refractivity contribution in [2.24, 2.45) is 29.1 Å². The maximum Gasteiger partial charge on any atom is 0.328 e. The summed E-state index contributed by atoms with van der Waals surface area (Å²) >= 11 is 0. The second kappa shape index (κ2) is 7.83. The van der Waals surface area contributed by atoms with E-state index in [1.807, 2.05) is 4.90 Å². The smallest absolute Gasteiger partial charge is 0.328 e. The van der Waals surface area contributed by atoms with Crippen LogP contribution in [-0.4, -0.2) is 48.4 Å². The molecule has 166 valence electrons. The van der Waals surface area contributed by atoms with Crippen LogP contribution < -0.4 is 5.32 Å². The van der Waals surface area contributed by atoms with Crippen molar-refractivity contribution in [2.45, 2.75) is 89.1 Å². The van der Waals surface area contributed by atoms with Gasteiger partial charge in [-0.2, -0.15) is 0 Å². The van der Waals surface area contributed by atoms with Crippen LogP contribution in [0.15, 0.2) is 0 Å². The predicted molar refractivity (Wildman–Crippen MR) is 111 cm³/mol. The first-order chi connectivity index (χ1) is 14.5. The van der Waals surface area contributed by atoms with Crippen molar-refractivity contribution in [1.29, 1.82) is 0 Å². The highest BCUT2D eigenvalue weighted by molar-refractivity contribution is 5.87. The molecule has 0 aromatic heterocycles. The second-order valence-corrected chi connectivity index (χ2v) is 10.9. The van der Waals surface area contributed by atoms with Crippen LogP contribution >= 0.6 is 0 Å². The fourth-order valence-corrected chi connectivity index (χ4v) is 8.15. The van der Waals surface area contributed by atoms with E-state index < -0.39 is 6.04 Å². The van der Waals surface area contributed by atoms with E-state index in [2.05, 4.69) is 5.32 Å². The first-order valence-electron chi connectivity index (χ1n) is 12.2. The summed E-state index contributed by atoms with van der Waals surface area (Å²) in [6, 6.07) is -0.288. The van der Waals surface area contributed by atoms with E-state index in [0.29, 0.717) is 12.5 Å². The molecular formula is C24H36N2O4. The Labute approximate surface area is 179 Å². The zero-order valence-corrected chi connectivity index (χ0v) is 18.2. The normalized spacial score (nSPS) is 41.4. The van der Waals surface area contributed by atoms with Gasteiger partial charge in [0.1, 0.15) is 6.04 Å². The SMILES string of the molecule is COC(=O)[C@@H]1C[C@@H]2CCCC[C@H]2N1C(=O)CCNC(=O)C12CC3CC(CC(C3)C1)C2. The number of carbonyl (C=O) groups is 3. The molecule has 0 radical (unpaired) electrons. The Kier molecular flexibility index (Phi) is 5.30. The molecule has 0 aromatic rings. The molecule has 1 aliphatic heterocycles. The van der Waals surface area contributed by atoms with E-state index in [1.54, 1.807) is 0 Å². The molecule has 5 aliphatic carbocycles. The number of hydrogen-bond acceptors (Lipinski definition) is 4. The topological polar surface area (TPSA) is 75.7 Å². The first-order valence-corrected chi connectivity index (χ1v) is 12.2. The minimum atomic E-state index is -0.450. The molecule has 0 spiro atoms. The molecule has 3 atom stereocenters. The molecule has 1 N–H and O–H groups in total. The number of ether oxygens (including phenoxy) is 1. The van der Waals surface area contributed by atoms with E-state index in [9.17, 15) is 14.4 Å². The Morgan fingerprint density at radius 2 is 1.60 bits per heavy atom. The van der Waals surface area contributed by atoms with Gasteiger partial charge in [-0.1, -0.05) is 12.8 Å². The molecule has 30 heavy (non-hydrogen) atoms. The van der Waals surface area contributed by atoms with Gasteiger partial charge in [0, 0.05) is 24.4 Å². The highest BCUT2D eigenvalue weighted by Gasteiger charge is 2.54. The Morgan fingerprint density at radius 1 is 0.967 bits per heavy atom. The number of rotatable bonds is 5. The monoisotopic (exact) mass is 416 g/mol. The lowest BCUT2D eigenvalue weighted by Crippen LogP contribution is -2.54. The summed E-state index contributed by atoms with van der Waals surface area (Å²) in [5.41, 5.74) is -0.172. The summed E-state index contributed by atoms with van der Waals surface area (Å²) in [6.07, 6.45) is 12.4. The van der Waals surface area contributed by atoms with Gasteiger partial charge in [-0.3, -0.25) is 9.59 Å². The molecule has 6 rings (SSSR count). The zero-order chi connectivity index (χ0) is 20.9. The summed E-state index contributed by atoms with van der Waals surface area (Å²) in [5, 5.41) is 3.12. The molecule has 6 heteroatoms. The van der Waals surface area contributed by atoms with Crippen molar-refractivity contribution in [3.05, 3.63) is 0 Å². The van der Waals surface area contributed by atoms with Gasteiger partial charge in [0.15, 0.2) is 0 Å². The summed E-state index contributed by atoms with van der Waals surface area (Å²) in [6.45, 7) is 0.376. The van der Waals surface area contributed by atoms with Crippen molar-refractivity contribution in [3.8, 4) is 0 Å². The van der Waals surface area contributed by atoms with Crippen molar-refractivity contribution >= 4 is 17.8 Å². The standard InChI is InChI=1S/C24H36N2O4/c1-30-22(28)20-11-18-4-2-3-5-19(18)26(20)21(27)6-7-25-23(29)24-12-15-8-16(13-24)10-17(9-15)14-24/h15-20H,2-14H2,1H3,(H,25,29)/t15?,16?,17?,18-,19+,20-,24?/m0/s1. The fourth-order valence-electron chi connectivity index (χ4n) is 8.15. The summed E-state index contributed by atoms with van der Waals surface area (Å²) in [7, 11) is 1.40. The molecule has 4 bridgehead atoms. The lowest BCUT2D eigenvalue weighted by atomic mass is 9.49. The predicted octanol–water partition coefficient (Wildman–Crippen LogP) is 3.04. The summed E-state index contributed by atoms with van der Waals surface area (Å²) in [4.78, 5) is 40.4. The van der Waals surface area contributed by atoms with Crippen LogP contribution in [-0.2, 0) is 19.1 Å². The van der Waals surface area contributed by atoms with Gasteiger partial charge >= 0.3 is 5.97 Å². The maximum absolute atomic E-state index is 13.1.